The predicted molar refractivity (Wildman–Crippen MR) is 43.8 cm³/mol. The zero-order valence-corrected chi connectivity index (χ0v) is 8.12. The molecule has 0 bridgehead atoms. The summed E-state index contributed by atoms with van der Waals surface area (Å²) >= 11 is 0. The van der Waals surface area contributed by atoms with Crippen molar-refractivity contribution in [1.82, 2.24) is 0 Å². The Labute approximate surface area is 64.3 Å². The minimum absolute atomic E-state index is 0.405. The minimum Gasteiger partial charge on any atom is -0.418 e. The minimum atomic E-state index is -0.892. The number of ether oxygens (including phenoxy) is 1. The SMILES string of the molecule is CC(C)O[SiH](C)C1COC1. The molecule has 1 aliphatic rings. The summed E-state index contributed by atoms with van der Waals surface area (Å²) < 4.78 is 10.8. The fraction of sp³-hybridized carbons (Fsp3) is 1.00. The quantitative estimate of drug-likeness (QED) is 0.577. The Morgan fingerprint density at radius 3 is 2.40 bits per heavy atom. The summed E-state index contributed by atoms with van der Waals surface area (Å²) in [5.41, 5.74) is 0.780. The molecular formula is C7H16O2Si. The molecule has 1 atom stereocenters. The molecule has 0 radical (unpaired) electrons. The normalized spacial score (nSPS) is 22.8. The van der Waals surface area contributed by atoms with E-state index in [1.807, 2.05) is 0 Å². The Bertz CT molecular complexity index is 102. The first-order valence-corrected chi connectivity index (χ1v) is 6.22. The van der Waals surface area contributed by atoms with Crippen molar-refractivity contribution < 1.29 is 9.16 Å². The largest absolute Gasteiger partial charge is 0.418 e. The predicted octanol–water partition coefficient (Wildman–Crippen LogP) is 1.17. The fourth-order valence-electron chi connectivity index (χ4n) is 1.07. The van der Waals surface area contributed by atoms with E-state index in [1.165, 1.54) is 0 Å². The maximum Gasteiger partial charge on any atom is 0.181 e. The van der Waals surface area contributed by atoms with E-state index >= 15 is 0 Å². The molecule has 60 valence electrons. The lowest BCUT2D eigenvalue weighted by atomic mass is 10.4. The Balaban J connectivity index is 2.13. The van der Waals surface area contributed by atoms with Gasteiger partial charge < -0.3 is 9.16 Å². The van der Waals surface area contributed by atoms with Crippen LogP contribution in [-0.4, -0.2) is 28.4 Å². The van der Waals surface area contributed by atoms with Crippen molar-refractivity contribution in [3.8, 4) is 0 Å². The monoisotopic (exact) mass is 160 g/mol. The van der Waals surface area contributed by atoms with Gasteiger partial charge in [0, 0.05) is 11.6 Å². The second kappa shape index (κ2) is 3.51. The number of hydrogen-bond donors (Lipinski definition) is 0. The van der Waals surface area contributed by atoms with Gasteiger partial charge in [-0.05, 0) is 20.4 Å². The van der Waals surface area contributed by atoms with Crippen LogP contribution in [0.3, 0.4) is 0 Å². The first kappa shape index (κ1) is 8.24. The lowest BCUT2D eigenvalue weighted by molar-refractivity contribution is 0.0263. The van der Waals surface area contributed by atoms with Crippen LogP contribution < -0.4 is 0 Å². The summed E-state index contributed by atoms with van der Waals surface area (Å²) in [5.74, 6) is 0. The molecule has 0 aromatic carbocycles. The summed E-state index contributed by atoms with van der Waals surface area (Å²) in [5, 5.41) is 0. The highest BCUT2D eigenvalue weighted by atomic mass is 28.3. The average molecular weight is 160 g/mol. The van der Waals surface area contributed by atoms with E-state index in [9.17, 15) is 0 Å². The third-order valence-electron chi connectivity index (χ3n) is 1.81. The standard InChI is InChI=1S/C7H16O2Si/c1-6(2)9-10(3)7-4-8-5-7/h6-7,10H,4-5H2,1-3H3. The summed E-state index contributed by atoms with van der Waals surface area (Å²) in [6, 6.07) is 0. The van der Waals surface area contributed by atoms with Gasteiger partial charge in [0.1, 0.15) is 0 Å². The molecule has 1 saturated heterocycles. The van der Waals surface area contributed by atoms with Crippen LogP contribution in [0.25, 0.3) is 0 Å². The Kier molecular flexibility index (Phi) is 2.89. The van der Waals surface area contributed by atoms with Gasteiger partial charge in [0.05, 0.1) is 13.2 Å². The second-order valence-corrected chi connectivity index (χ2v) is 5.81. The van der Waals surface area contributed by atoms with Crippen molar-refractivity contribution in [2.24, 2.45) is 0 Å². The molecule has 0 spiro atoms. The molecule has 0 aliphatic carbocycles. The molecule has 0 aromatic heterocycles. The number of rotatable bonds is 3. The van der Waals surface area contributed by atoms with Gasteiger partial charge in [-0.15, -0.1) is 0 Å². The number of hydrogen-bond acceptors (Lipinski definition) is 2. The van der Waals surface area contributed by atoms with Crippen LogP contribution in [0.2, 0.25) is 12.1 Å². The molecule has 0 N–H and O–H groups in total. The van der Waals surface area contributed by atoms with Crippen molar-refractivity contribution in [3.63, 3.8) is 0 Å². The van der Waals surface area contributed by atoms with Gasteiger partial charge in [-0.2, -0.15) is 0 Å². The fourth-order valence-corrected chi connectivity index (χ4v) is 2.96. The van der Waals surface area contributed by atoms with Gasteiger partial charge >= 0.3 is 0 Å². The molecular weight excluding hydrogens is 144 g/mol. The molecule has 0 amide bonds. The first-order chi connectivity index (χ1) is 4.70. The van der Waals surface area contributed by atoms with E-state index in [1.54, 1.807) is 0 Å². The summed E-state index contributed by atoms with van der Waals surface area (Å²) in [6.45, 7) is 8.35. The van der Waals surface area contributed by atoms with Crippen LogP contribution in [0.1, 0.15) is 13.8 Å². The zero-order valence-electron chi connectivity index (χ0n) is 6.96. The van der Waals surface area contributed by atoms with Crippen LogP contribution in [0.5, 0.6) is 0 Å². The Morgan fingerprint density at radius 1 is 1.50 bits per heavy atom. The third-order valence-corrected chi connectivity index (χ3v) is 4.50. The molecule has 1 aliphatic heterocycles. The second-order valence-electron chi connectivity index (χ2n) is 3.19. The van der Waals surface area contributed by atoms with Crippen molar-refractivity contribution in [3.05, 3.63) is 0 Å². The smallest absolute Gasteiger partial charge is 0.181 e. The van der Waals surface area contributed by atoms with E-state index < -0.39 is 9.04 Å². The molecule has 2 nitrogen and oxygen atoms in total. The highest BCUT2D eigenvalue weighted by Crippen LogP contribution is 2.21. The Morgan fingerprint density at radius 2 is 2.10 bits per heavy atom. The summed E-state index contributed by atoms with van der Waals surface area (Å²) in [7, 11) is -0.892. The maximum absolute atomic E-state index is 5.71. The van der Waals surface area contributed by atoms with Crippen molar-refractivity contribution in [1.29, 1.82) is 0 Å². The van der Waals surface area contributed by atoms with E-state index in [-0.39, 0.29) is 0 Å². The molecule has 0 aromatic rings. The highest BCUT2D eigenvalue weighted by Gasteiger charge is 2.27. The maximum atomic E-state index is 5.71. The van der Waals surface area contributed by atoms with Crippen molar-refractivity contribution in [2.75, 3.05) is 13.2 Å². The molecule has 1 heterocycles. The molecule has 1 fully saturated rings. The molecule has 3 heteroatoms. The van der Waals surface area contributed by atoms with Crippen molar-refractivity contribution >= 4 is 9.04 Å². The zero-order chi connectivity index (χ0) is 7.56. The van der Waals surface area contributed by atoms with Crippen LogP contribution in [-0.2, 0) is 9.16 Å². The van der Waals surface area contributed by atoms with E-state index in [0.29, 0.717) is 6.10 Å². The van der Waals surface area contributed by atoms with Gasteiger partial charge in [0.15, 0.2) is 9.04 Å². The van der Waals surface area contributed by atoms with E-state index in [4.69, 9.17) is 9.16 Å². The highest BCUT2D eigenvalue weighted by molar-refractivity contribution is 6.52. The Hall–Kier alpha value is 0.137. The van der Waals surface area contributed by atoms with Crippen LogP contribution in [0, 0.1) is 0 Å². The molecule has 1 unspecified atom stereocenters. The van der Waals surface area contributed by atoms with Crippen molar-refractivity contribution in [2.45, 2.75) is 32.0 Å². The molecule has 10 heavy (non-hydrogen) atoms. The lowest BCUT2D eigenvalue weighted by Gasteiger charge is -2.31. The molecule has 1 rings (SSSR count). The first-order valence-electron chi connectivity index (χ1n) is 3.93. The van der Waals surface area contributed by atoms with Gasteiger partial charge in [0.2, 0.25) is 0 Å². The van der Waals surface area contributed by atoms with Crippen LogP contribution in [0.15, 0.2) is 0 Å². The van der Waals surface area contributed by atoms with Gasteiger partial charge in [-0.25, -0.2) is 0 Å². The lowest BCUT2D eigenvalue weighted by Crippen LogP contribution is -2.37. The van der Waals surface area contributed by atoms with Gasteiger partial charge in [0.25, 0.3) is 0 Å². The third kappa shape index (κ3) is 2.07. The van der Waals surface area contributed by atoms with E-state index in [2.05, 4.69) is 20.4 Å². The average Bonchev–Trinajstić information content (AvgIpc) is 1.55. The van der Waals surface area contributed by atoms with Crippen LogP contribution >= 0.6 is 0 Å². The summed E-state index contributed by atoms with van der Waals surface area (Å²) in [6.07, 6.45) is 0.405. The topological polar surface area (TPSA) is 18.5 Å². The summed E-state index contributed by atoms with van der Waals surface area (Å²) in [4.78, 5) is 0. The van der Waals surface area contributed by atoms with Crippen LogP contribution in [0.4, 0.5) is 0 Å². The van der Waals surface area contributed by atoms with Gasteiger partial charge in [-0.3, -0.25) is 0 Å². The molecule has 0 saturated carbocycles. The van der Waals surface area contributed by atoms with Gasteiger partial charge in [-0.1, -0.05) is 0 Å². The van der Waals surface area contributed by atoms with E-state index in [0.717, 1.165) is 18.8 Å².